The first-order valence-corrected chi connectivity index (χ1v) is 7.45. The van der Waals surface area contributed by atoms with Crippen LogP contribution in [0.1, 0.15) is 38.3 Å². The molecule has 2 unspecified atom stereocenters. The van der Waals surface area contributed by atoms with Crippen molar-refractivity contribution in [2.75, 3.05) is 20.1 Å². The Hall–Kier alpha value is -1.07. The van der Waals surface area contributed by atoms with Gasteiger partial charge in [0.25, 0.3) is 0 Å². The second kappa shape index (κ2) is 7.80. The molecule has 0 spiro atoms. The maximum Gasteiger partial charge on any atom is 0.244 e. The molecule has 5 nitrogen and oxygen atoms in total. The summed E-state index contributed by atoms with van der Waals surface area (Å²) in [4.78, 5) is 14.6. The van der Waals surface area contributed by atoms with Crippen molar-refractivity contribution in [1.29, 1.82) is 0 Å². The first kappa shape index (κ1) is 18.0. The first-order chi connectivity index (χ1) is 9.51. The van der Waals surface area contributed by atoms with Gasteiger partial charge in [-0.1, -0.05) is 13.8 Å². The van der Waals surface area contributed by atoms with E-state index in [1.807, 2.05) is 25.2 Å². The van der Waals surface area contributed by atoms with Crippen molar-refractivity contribution in [2.24, 2.45) is 18.9 Å². The summed E-state index contributed by atoms with van der Waals surface area (Å²) in [7, 11) is 3.70. The second-order valence-corrected chi connectivity index (χ2v) is 6.24. The van der Waals surface area contributed by atoms with E-state index in [4.69, 9.17) is 0 Å². The van der Waals surface area contributed by atoms with Crippen LogP contribution in [0.2, 0.25) is 0 Å². The molecular formula is C15H27ClN4O. The number of hydrogen-bond acceptors (Lipinski definition) is 3. The molecule has 0 bridgehead atoms. The molecule has 1 N–H and O–H groups in total. The summed E-state index contributed by atoms with van der Waals surface area (Å²) in [6.45, 7) is 6.27. The predicted molar refractivity (Wildman–Crippen MR) is 86.4 cm³/mol. The lowest BCUT2D eigenvalue weighted by atomic mass is 9.97. The van der Waals surface area contributed by atoms with Gasteiger partial charge in [0.15, 0.2) is 0 Å². The molecule has 1 aromatic heterocycles. The zero-order chi connectivity index (χ0) is 14.7. The molecule has 0 aromatic carbocycles. The number of hydrogen-bond donors (Lipinski definition) is 1. The van der Waals surface area contributed by atoms with E-state index in [1.165, 1.54) is 6.42 Å². The fourth-order valence-corrected chi connectivity index (χ4v) is 3.10. The Morgan fingerprint density at radius 2 is 2.24 bits per heavy atom. The topological polar surface area (TPSA) is 50.2 Å². The number of nitrogens with one attached hydrogen (secondary N) is 1. The number of aromatic nitrogens is 2. The summed E-state index contributed by atoms with van der Waals surface area (Å²) < 4.78 is 1.73. The van der Waals surface area contributed by atoms with Crippen LogP contribution in [-0.2, 0) is 11.8 Å². The van der Waals surface area contributed by atoms with E-state index < -0.39 is 0 Å². The molecule has 0 aliphatic carbocycles. The van der Waals surface area contributed by atoms with Gasteiger partial charge in [0.05, 0.1) is 6.20 Å². The van der Waals surface area contributed by atoms with Gasteiger partial charge >= 0.3 is 0 Å². The van der Waals surface area contributed by atoms with Gasteiger partial charge in [-0.25, -0.2) is 0 Å². The molecule has 2 rings (SSSR count). The van der Waals surface area contributed by atoms with Crippen LogP contribution in [0.15, 0.2) is 12.4 Å². The van der Waals surface area contributed by atoms with Crippen molar-refractivity contribution in [2.45, 2.75) is 32.7 Å². The summed E-state index contributed by atoms with van der Waals surface area (Å²) in [6.07, 6.45) is 6.01. The number of carbonyl (C=O) groups excluding carboxylic acids is 1. The van der Waals surface area contributed by atoms with E-state index in [1.54, 1.807) is 10.9 Å². The van der Waals surface area contributed by atoms with Crippen LogP contribution in [-0.4, -0.2) is 40.7 Å². The summed E-state index contributed by atoms with van der Waals surface area (Å²) in [5.41, 5.74) is 0.937. The van der Waals surface area contributed by atoms with Gasteiger partial charge in [0.1, 0.15) is 6.04 Å². The van der Waals surface area contributed by atoms with Gasteiger partial charge in [0, 0.05) is 31.9 Å². The maximum atomic E-state index is 12.6. The van der Waals surface area contributed by atoms with Gasteiger partial charge in [-0.3, -0.25) is 9.48 Å². The third-order valence-corrected chi connectivity index (χ3v) is 4.00. The minimum absolute atomic E-state index is 0. The normalized spacial score (nSPS) is 19.7. The number of nitrogens with zero attached hydrogens (tertiary/aromatic N) is 3. The fraction of sp³-hybridized carbons (Fsp3) is 0.733. The van der Waals surface area contributed by atoms with Gasteiger partial charge in [0.2, 0.25) is 5.91 Å². The standard InChI is InChI=1S/C15H26N4O.ClH/c1-11(2)7-12-5-6-19(9-12)15(20)14(16-3)13-8-17-18(4)10-13;/h8,10-12,14,16H,5-7,9H2,1-4H3;1H. The Morgan fingerprint density at radius 3 is 2.76 bits per heavy atom. The molecule has 1 aromatic rings. The highest BCUT2D eigenvalue weighted by molar-refractivity contribution is 5.85. The van der Waals surface area contributed by atoms with E-state index >= 15 is 0 Å². The molecule has 2 atom stereocenters. The number of aryl methyl sites for hydroxylation is 1. The van der Waals surface area contributed by atoms with Crippen LogP contribution in [0.4, 0.5) is 0 Å². The highest BCUT2D eigenvalue weighted by Crippen LogP contribution is 2.26. The molecule has 1 aliphatic rings. The number of likely N-dealkylation sites (tertiary alicyclic amines) is 1. The molecule has 2 heterocycles. The van der Waals surface area contributed by atoms with Crippen LogP contribution in [0, 0.1) is 11.8 Å². The fourth-order valence-electron chi connectivity index (χ4n) is 3.10. The molecule has 0 radical (unpaired) electrons. The largest absolute Gasteiger partial charge is 0.341 e. The second-order valence-electron chi connectivity index (χ2n) is 6.24. The SMILES string of the molecule is CNC(C(=O)N1CCC(CC(C)C)C1)c1cnn(C)c1.Cl. The van der Waals surface area contributed by atoms with Crippen molar-refractivity contribution in [1.82, 2.24) is 20.0 Å². The minimum Gasteiger partial charge on any atom is -0.341 e. The Balaban J connectivity index is 0.00000220. The van der Waals surface area contributed by atoms with Crippen LogP contribution >= 0.6 is 12.4 Å². The highest BCUT2D eigenvalue weighted by atomic mass is 35.5. The number of halogens is 1. The third-order valence-electron chi connectivity index (χ3n) is 4.00. The summed E-state index contributed by atoms with van der Waals surface area (Å²) in [5.74, 6) is 1.53. The Kier molecular flexibility index (Phi) is 6.68. The van der Waals surface area contributed by atoms with Gasteiger partial charge in [-0.15, -0.1) is 12.4 Å². The van der Waals surface area contributed by atoms with E-state index in [0.29, 0.717) is 11.8 Å². The van der Waals surface area contributed by atoms with Crippen LogP contribution in [0.3, 0.4) is 0 Å². The lowest BCUT2D eigenvalue weighted by molar-refractivity contribution is -0.132. The van der Waals surface area contributed by atoms with Gasteiger partial charge < -0.3 is 10.2 Å². The molecular weight excluding hydrogens is 288 g/mol. The molecule has 120 valence electrons. The number of likely N-dealkylation sites (N-methyl/N-ethyl adjacent to an activating group) is 1. The average Bonchev–Trinajstić information content (AvgIpc) is 2.99. The van der Waals surface area contributed by atoms with Crippen molar-refractivity contribution in [3.05, 3.63) is 18.0 Å². The van der Waals surface area contributed by atoms with E-state index in [9.17, 15) is 4.79 Å². The Labute approximate surface area is 133 Å². The molecule has 21 heavy (non-hydrogen) atoms. The minimum atomic E-state index is -0.276. The molecule has 6 heteroatoms. The zero-order valence-electron chi connectivity index (χ0n) is 13.4. The van der Waals surface area contributed by atoms with Crippen LogP contribution in [0.5, 0.6) is 0 Å². The number of carbonyl (C=O) groups is 1. The van der Waals surface area contributed by atoms with E-state index in [2.05, 4.69) is 24.3 Å². The monoisotopic (exact) mass is 314 g/mol. The Morgan fingerprint density at radius 1 is 1.52 bits per heavy atom. The summed E-state index contributed by atoms with van der Waals surface area (Å²) in [5, 5.41) is 7.27. The van der Waals surface area contributed by atoms with Gasteiger partial charge in [-0.2, -0.15) is 5.10 Å². The first-order valence-electron chi connectivity index (χ1n) is 7.45. The lowest BCUT2D eigenvalue weighted by Crippen LogP contribution is -2.38. The molecule has 1 fully saturated rings. The van der Waals surface area contributed by atoms with E-state index in [0.717, 1.165) is 25.1 Å². The van der Waals surface area contributed by atoms with Gasteiger partial charge in [-0.05, 0) is 31.7 Å². The van der Waals surface area contributed by atoms with Crippen molar-refractivity contribution >= 4 is 18.3 Å². The summed E-state index contributed by atoms with van der Waals surface area (Å²) in [6, 6.07) is -0.276. The predicted octanol–water partition coefficient (Wildman–Crippen LogP) is 2.00. The summed E-state index contributed by atoms with van der Waals surface area (Å²) >= 11 is 0. The number of rotatable bonds is 5. The molecule has 0 saturated carbocycles. The van der Waals surface area contributed by atoms with Crippen molar-refractivity contribution in [3.63, 3.8) is 0 Å². The van der Waals surface area contributed by atoms with Crippen LogP contribution < -0.4 is 5.32 Å². The van der Waals surface area contributed by atoms with Crippen molar-refractivity contribution in [3.8, 4) is 0 Å². The third kappa shape index (κ3) is 4.45. The van der Waals surface area contributed by atoms with Crippen LogP contribution in [0.25, 0.3) is 0 Å². The molecule has 1 saturated heterocycles. The Bertz CT molecular complexity index is 460. The highest BCUT2D eigenvalue weighted by Gasteiger charge is 2.31. The molecule has 1 amide bonds. The smallest absolute Gasteiger partial charge is 0.244 e. The van der Waals surface area contributed by atoms with Crippen molar-refractivity contribution < 1.29 is 4.79 Å². The maximum absolute atomic E-state index is 12.6. The zero-order valence-corrected chi connectivity index (χ0v) is 14.2. The number of amides is 1. The lowest BCUT2D eigenvalue weighted by Gasteiger charge is -2.23. The quantitative estimate of drug-likeness (QED) is 0.904. The molecule has 1 aliphatic heterocycles. The average molecular weight is 315 g/mol. The van der Waals surface area contributed by atoms with E-state index in [-0.39, 0.29) is 24.4 Å².